The Bertz CT molecular complexity index is 1130. The summed E-state index contributed by atoms with van der Waals surface area (Å²) in [5.74, 6) is -0.226. The fourth-order valence-corrected chi connectivity index (χ4v) is 5.54. The van der Waals surface area contributed by atoms with Crippen LogP contribution >= 0.6 is 0 Å². The van der Waals surface area contributed by atoms with Crippen molar-refractivity contribution in [1.82, 2.24) is 9.80 Å². The van der Waals surface area contributed by atoms with Crippen LogP contribution in [0, 0.1) is 12.7 Å². The number of benzene rings is 3. The van der Waals surface area contributed by atoms with Crippen molar-refractivity contribution in [2.45, 2.75) is 37.8 Å². The number of halogens is 1. The Kier molecular flexibility index (Phi) is 6.48. The van der Waals surface area contributed by atoms with Crippen molar-refractivity contribution < 1.29 is 14.3 Å². The van der Waals surface area contributed by atoms with Gasteiger partial charge in [-0.1, -0.05) is 54.1 Å². The van der Waals surface area contributed by atoms with Gasteiger partial charge in [0, 0.05) is 36.7 Å². The summed E-state index contributed by atoms with van der Waals surface area (Å²) in [7, 11) is 0. The standard InChI is InChI=1S/C29H31FN2O2/c1-20-4-6-21(7-5-20)22-8-10-23(11-9-22)28-26-18-31(16-2-3-17-32(26)27(28)19-33)29(34)24-12-14-25(30)15-13-24/h4-15,26-28,33H,2-3,16-19H2,1H3/t26-,27+,28+/m0/s1. The average molecular weight is 459 g/mol. The van der Waals surface area contributed by atoms with Crippen LogP contribution in [0.3, 0.4) is 0 Å². The Morgan fingerprint density at radius 3 is 2.18 bits per heavy atom. The SMILES string of the molecule is Cc1ccc(-c2ccc([C@H]3[C@@H](CO)N4CCCCN(C(=O)c5ccc(F)cc5)C[C@@H]34)cc2)cc1. The van der Waals surface area contributed by atoms with E-state index in [1.165, 1.54) is 34.4 Å². The van der Waals surface area contributed by atoms with Crippen LogP contribution in [0.1, 0.15) is 40.2 Å². The number of carbonyl (C=O) groups is 1. The molecular weight excluding hydrogens is 427 g/mol. The van der Waals surface area contributed by atoms with Crippen LogP contribution in [0.15, 0.2) is 72.8 Å². The van der Waals surface area contributed by atoms with Crippen molar-refractivity contribution >= 4 is 5.91 Å². The van der Waals surface area contributed by atoms with Crippen molar-refractivity contribution in [1.29, 1.82) is 0 Å². The van der Waals surface area contributed by atoms with Crippen molar-refractivity contribution in [3.8, 4) is 11.1 Å². The lowest BCUT2D eigenvalue weighted by molar-refractivity contribution is -0.0606. The van der Waals surface area contributed by atoms with Gasteiger partial charge in [0.1, 0.15) is 5.82 Å². The summed E-state index contributed by atoms with van der Waals surface area (Å²) >= 11 is 0. The molecule has 0 bridgehead atoms. The molecule has 0 unspecified atom stereocenters. The number of amides is 1. The highest BCUT2D eigenvalue weighted by molar-refractivity contribution is 5.94. The van der Waals surface area contributed by atoms with Crippen LogP contribution in [0.25, 0.3) is 11.1 Å². The first-order chi connectivity index (χ1) is 16.5. The second-order valence-corrected chi connectivity index (χ2v) is 9.53. The molecule has 3 aromatic carbocycles. The predicted octanol–water partition coefficient (Wildman–Crippen LogP) is 4.87. The van der Waals surface area contributed by atoms with E-state index >= 15 is 0 Å². The van der Waals surface area contributed by atoms with Crippen LogP contribution in [0.5, 0.6) is 0 Å². The third kappa shape index (κ3) is 4.38. The van der Waals surface area contributed by atoms with E-state index in [0.29, 0.717) is 18.7 Å². The van der Waals surface area contributed by atoms with Gasteiger partial charge in [-0.15, -0.1) is 0 Å². The lowest BCUT2D eigenvalue weighted by Gasteiger charge is -2.57. The summed E-state index contributed by atoms with van der Waals surface area (Å²) < 4.78 is 13.4. The molecule has 2 heterocycles. The smallest absolute Gasteiger partial charge is 0.253 e. The van der Waals surface area contributed by atoms with Gasteiger partial charge in [0.2, 0.25) is 0 Å². The van der Waals surface area contributed by atoms with Gasteiger partial charge in [-0.3, -0.25) is 9.69 Å². The van der Waals surface area contributed by atoms with Gasteiger partial charge in [0.05, 0.1) is 6.61 Å². The highest BCUT2D eigenvalue weighted by atomic mass is 19.1. The summed E-state index contributed by atoms with van der Waals surface area (Å²) in [6.45, 7) is 4.43. The first-order valence-corrected chi connectivity index (χ1v) is 12.1. The monoisotopic (exact) mass is 458 g/mol. The molecule has 0 radical (unpaired) electrons. The number of hydrogen-bond acceptors (Lipinski definition) is 3. The zero-order chi connectivity index (χ0) is 23.7. The van der Waals surface area contributed by atoms with E-state index in [1.807, 2.05) is 4.90 Å². The summed E-state index contributed by atoms with van der Waals surface area (Å²) in [6.07, 6.45) is 1.91. The van der Waals surface area contributed by atoms with Crippen LogP contribution in [-0.2, 0) is 0 Å². The lowest BCUT2D eigenvalue weighted by atomic mass is 9.74. The number of aliphatic hydroxyl groups is 1. The second kappa shape index (κ2) is 9.69. The average Bonchev–Trinajstić information content (AvgIpc) is 2.84. The normalized spacial score (nSPS) is 22.9. The van der Waals surface area contributed by atoms with Crippen LogP contribution in [0.4, 0.5) is 4.39 Å². The maximum atomic E-state index is 13.4. The molecule has 2 fully saturated rings. The Hall–Kier alpha value is -3.02. The minimum Gasteiger partial charge on any atom is -0.395 e. The zero-order valence-electron chi connectivity index (χ0n) is 19.5. The fraction of sp³-hybridized carbons (Fsp3) is 0.345. The molecule has 5 heteroatoms. The van der Waals surface area contributed by atoms with Gasteiger partial charge in [-0.25, -0.2) is 4.39 Å². The quantitative estimate of drug-likeness (QED) is 0.607. The van der Waals surface area contributed by atoms with Crippen molar-refractivity contribution in [3.05, 3.63) is 95.3 Å². The molecule has 1 N–H and O–H groups in total. The van der Waals surface area contributed by atoms with Crippen molar-refractivity contribution in [2.24, 2.45) is 0 Å². The van der Waals surface area contributed by atoms with Crippen molar-refractivity contribution in [2.75, 3.05) is 26.2 Å². The Morgan fingerprint density at radius 2 is 1.53 bits per heavy atom. The molecule has 0 spiro atoms. The Balaban J connectivity index is 1.38. The predicted molar refractivity (Wildman–Crippen MR) is 132 cm³/mol. The molecule has 2 aliphatic rings. The molecule has 0 saturated carbocycles. The number of rotatable bonds is 4. The number of hydrogen-bond donors (Lipinski definition) is 1. The zero-order valence-corrected chi connectivity index (χ0v) is 19.5. The van der Waals surface area contributed by atoms with E-state index in [2.05, 4.69) is 60.4 Å². The molecule has 2 saturated heterocycles. The number of aliphatic hydroxyl groups excluding tert-OH is 1. The Labute approximate surface area is 200 Å². The van der Waals surface area contributed by atoms with Gasteiger partial charge in [0.25, 0.3) is 5.91 Å². The highest BCUT2D eigenvalue weighted by Gasteiger charge is 2.49. The third-order valence-electron chi connectivity index (χ3n) is 7.43. The largest absolute Gasteiger partial charge is 0.395 e. The molecular formula is C29H31FN2O2. The maximum absolute atomic E-state index is 13.4. The molecule has 0 aliphatic carbocycles. The second-order valence-electron chi connectivity index (χ2n) is 9.53. The maximum Gasteiger partial charge on any atom is 0.253 e. The van der Waals surface area contributed by atoms with Crippen LogP contribution in [-0.4, -0.2) is 59.1 Å². The van der Waals surface area contributed by atoms with Crippen LogP contribution < -0.4 is 0 Å². The summed E-state index contributed by atoms with van der Waals surface area (Å²) in [6, 6.07) is 23.2. The van der Waals surface area contributed by atoms with E-state index in [4.69, 9.17) is 0 Å². The minimum atomic E-state index is -0.339. The van der Waals surface area contributed by atoms with Gasteiger partial charge >= 0.3 is 0 Å². The molecule has 5 rings (SSSR count). The summed E-state index contributed by atoms with van der Waals surface area (Å²) in [4.78, 5) is 17.5. The van der Waals surface area contributed by atoms with Gasteiger partial charge in [0.15, 0.2) is 0 Å². The topological polar surface area (TPSA) is 43.8 Å². The lowest BCUT2D eigenvalue weighted by Crippen LogP contribution is -2.67. The van der Waals surface area contributed by atoms with Gasteiger partial charge in [-0.05, 0) is 67.3 Å². The highest BCUT2D eigenvalue weighted by Crippen LogP contribution is 2.42. The third-order valence-corrected chi connectivity index (χ3v) is 7.43. The molecule has 4 nitrogen and oxygen atoms in total. The van der Waals surface area contributed by atoms with E-state index < -0.39 is 0 Å². The van der Waals surface area contributed by atoms with E-state index in [-0.39, 0.29) is 36.3 Å². The first kappa shape index (κ1) is 22.8. The molecule has 1 amide bonds. The molecule has 3 atom stereocenters. The molecule has 2 aliphatic heterocycles. The summed E-state index contributed by atoms with van der Waals surface area (Å²) in [5.41, 5.74) is 5.32. The van der Waals surface area contributed by atoms with Crippen LogP contribution in [0.2, 0.25) is 0 Å². The number of nitrogens with zero attached hydrogens (tertiary/aromatic N) is 2. The van der Waals surface area contributed by atoms with E-state index in [1.54, 1.807) is 12.1 Å². The molecule has 0 aromatic heterocycles. The number of carbonyl (C=O) groups excluding carboxylic acids is 1. The van der Waals surface area contributed by atoms with Gasteiger partial charge < -0.3 is 10.0 Å². The fourth-order valence-electron chi connectivity index (χ4n) is 5.54. The van der Waals surface area contributed by atoms with Gasteiger partial charge in [-0.2, -0.15) is 0 Å². The van der Waals surface area contributed by atoms with E-state index in [9.17, 15) is 14.3 Å². The first-order valence-electron chi connectivity index (χ1n) is 12.1. The molecule has 3 aromatic rings. The van der Waals surface area contributed by atoms with Crippen molar-refractivity contribution in [3.63, 3.8) is 0 Å². The summed E-state index contributed by atoms with van der Waals surface area (Å²) in [5, 5.41) is 10.2. The number of aryl methyl sites for hydroxylation is 1. The Morgan fingerprint density at radius 1 is 0.912 bits per heavy atom. The minimum absolute atomic E-state index is 0.0530. The number of fused-ring (bicyclic) bond motifs is 1. The van der Waals surface area contributed by atoms with E-state index in [0.717, 1.165) is 19.4 Å². The molecule has 176 valence electrons. The molecule has 34 heavy (non-hydrogen) atoms.